The van der Waals surface area contributed by atoms with Gasteiger partial charge in [0, 0.05) is 20.0 Å². The molecule has 1 rings (SSSR count). The maximum atomic E-state index is 14.0. The number of hydrogen-bond donors (Lipinski definition) is 0. The first-order valence-electron chi connectivity index (χ1n) is 8.38. The van der Waals surface area contributed by atoms with Crippen molar-refractivity contribution in [2.45, 2.75) is 36.9 Å². The predicted molar refractivity (Wildman–Crippen MR) is 96.4 cm³/mol. The highest BCUT2D eigenvalue weighted by Crippen LogP contribution is 2.60. The topological polar surface area (TPSA) is 43.9 Å². The summed E-state index contributed by atoms with van der Waals surface area (Å²) in [7, 11) is -1.21. The molecule has 1 aliphatic heterocycles. The zero-order valence-electron chi connectivity index (χ0n) is 16.6. The summed E-state index contributed by atoms with van der Waals surface area (Å²) >= 11 is 2.00. The minimum absolute atomic E-state index is 0.0344. The maximum absolute atomic E-state index is 14.0. The molecule has 0 aromatic carbocycles. The van der Waals surface area contributed by atoms with E-state index in [4.69, 9.17) is 0 Å². The highest BCUT2D eigenvalue weighted by Gasteiger charge is 2.89. The highest BCUT2D eigenvalue weighted by atomic mass is 127. The van der Waals surface area contributed by atoms with Gasteiger partial charge in [-0.25, -0.2) is 12.7 Å². The second-order valence-electron chi connectivity index (χ2n) is 7.59. The summed E-state index contributed by atoms with van der Waals surface area (Å²) in [5.74, 6) is -2.80. The van der Waals surface area contributed by atoms with Crippen LogP contribution in [0.15, 0.2) is 0 Å². The minimum atomic E-state index is -7.02. The molecular weight excluding hydrogens is 612 g/mol. The van der Waals surface area contributed by atoms with Crippen LogP contribution in [-0.4, -0.2) is 102 Å². The van der Waals surface area contributed by atoms with Gasteiger partial charge in [-0.15, -0.1) is 0 Å². The minimum Gasteiger partial charge on any atom is -0.320 e. The third-order valence-corrected chi connectivity index (χ3v) is 8.11. The first-order valence-corrected chi connectivity index (χ1v) is 11.5. The van der Waals surface area contributed by atoms with Crippen molar-refractivity contribution in [1.82, 2.24) is 14.1 Å². The van der Waals surface area contributed by atoms with Gasteiger partial charge in [0.1, 0.15) is 10.4 Å². The second kappa shape index (κ2) is 8.76. The first-order chi connectivity index (χ1) is 13.9. The highest BCUT2D eigenvalue weighted by molar-refractivity contribution is 14.1. The molecule has 32 heavy (non-hydrogen) atoms. The van der Waals surface area contributed by atoms with Gasteiger partial charge in [0.15, 0.2) is 0 Å². The molecule has 0 aromatic rings. The van der Waals surface area contributed by atoms with Crippen LogP contribution in [0.4, 0.5) is 48.3 Å². The molecule has 0 N–H and O–H groups in total. The summed E-state index contributed by atoms with van der Waals surface area (Å²) in [6.45, 7) is -0.192. The Morgan fingerprint density at radius 2 is 1.31 bits per heavy atom. The molecule has 0 atom stereocenters. The smallest absolute Gasteiger partial charge is 0.320 e. The van der Waals surface area contributed by atoms with E-state index in [0.717, 1.165) is 0 Å². The SMILES string of the molecule is CN(CCC[N+](C)(C)CI)S(=O)(=O)CN1C(F)(F)C(F)(F)N(C(F)(F)F)C(F)(F)C1(F)F. The molecule has 0 aliphatic carbocycles. The molecule has 0 radical (unpaired) electrons. The van der Waals surface area contributed by atoms with Crippen LogP contribution >= 0.6 is 22.6 Å². The lowest BCUT2D eigenvalue weighted by Crippen LogP contribution is -2.83. The van der Waals surface area contributed by atoms with Crippen molar-refractivity contribution in [2.75, 3.05) is 44.7 Å². The summed E-state index contributed by atoms with van der Waals surface area (Å²) in [5.41, 5.74) is 0. The Hall–Kier alpha value is -0.250. The average molecular weight is 631 g/mol. The van der Waals surface area contributed by atoms with Gasteiger partial charge in [0.05, 0.1) is 20.6 Å². The Labute approximate surface area is 189 Å². The molecule has 1 aliphatic rings. The normalized spacial score (nSPS) is 24.1. The average Bonchev–Trinajstić information content (AvgIpc) is 2.56. The summed E-state index contributed by atoms with van der Waals surface area (Å²) in [4.78, 5) is -5.98. The molecule has 19 heteroatoms. The van der Waals surface area contributed by atoms with Gasteiger partial charge in [-0.1, -0.05) is 4.90 Å². The molecule has 0 unspecified atom stereocenters. The van der Waals surface area contributed by atoms with E-state index in [0.29, 0.717) is 22.6 Å². The zero-order chi connectivity index (χ0) is 25.8. The molecule has 0 saturated carbocycles. The van der Waals surface area contributed by atoms with Crippen LogP contribution in [0.2, 0.25) is 0 Å². The summed E-state index contributed by atoms with van der Waals surface area (Å²) in [6, 6.07) is -27.2. The lowest BCUT2D eigenvalue weighted by atomic mass is 10.2. The summed E-state index contributed by atoms with van der Waals surface area (Å²) < 4.78 is 175. The van der Waals surface area contributed by atoms with Crippen molar-refractivity contribution in [1.29, 1.82) is 0 Å². The molecule has 1 fully saturated rings. The Kier molecular flexibility index (Phi) is 8.15. The molecule has 1 saturated heterocycles. The molecule has 0 bridgehead atoms. The summed E-state index contributed by atoms with van der Waals surface area (Å²) in [6.07, 6.45) is -6.99. The number of halogens is 12. The van der Waals surface area contributed by atoms with Gasteiger partial charge in [-0.3, -0.25) is 0 Å². The third kappa shape index (κ3) is 5.20. The van der Waals surface area contributed by atoms with E-state index in [2.05, 4.69) is 0 Å². The number of hydrogen-bond acceptors (Lipinski definition) is 4. The van der Waals surface area contributed by atoms with Crippen LogP contribution in [0, 0.1) is 0 Å². The molecular formula is C13H19F11IN4O2S+. The van der Waals surface area contributed by atoms with Crippen molar-refractivity contribution >= 4 is 32.6 Å². The van der Waals surface area contributed by atoms with E-state index in [1.165, 1.54) is 0 Å². The van der Waals surface area contributed by atoms with Crippen molar-refractivity contribution in [2.24, 2.45) is 0 Å². The second-order valence-corrected chi connectivity index (χ2v) is 10.3. The number of nitrogens with zero attached hydrogens (tertiary/aromatic N) is 4. The summed E-state index contributed by atoms with van der Waals surface area (Å²) in [5, 5.41) is 0. The van der Waals surface area contributed by atoms with Crippen LogP contribution in [0.3, 0.4) is 0 Å². The van der Waals surface area contributed by atoms with Gasteiger partial charge < -0.3 is 4.48 Å². The largest absolute Gasteiger partial charge is 0.469 e. The lowest BCUT2D eigenvalue weighted by molar-refractivity contribution is -0.874. The number of rotatable bonds is 8. The van der Waals surface area contributed by atoms with Gasteiger partial charge >= 0.3 is 30.5 Å². The van der Waals surface area contributed by atoms with Gasteiger partial charge in [-0.05, 0) is 22.6 Å². The fourth-order valence-electron chi connectivity index (χ4n) is 2.61. The van der Waals surface area contributed by atoms with Crippen molar-refractivity contribution in [3.8, 4) is 0 Å². The fourth-order valence-corrected chi connectivity index (χ4v) is 4.21. The van der Waals surface area contributed by atoms with Crippen molar-refractivity contribution in [3.63, 3.8) is 0 Å². The van der Waals surface area contributed by atoms with Crippen molar-refractivity contribution < 1.29 is 61.2 Å². The van der Waals surface area contributed by atoms with Crippen LogP contribution in [-0.2, 0) is 10.0 Å². The maximum Gasteiger partial charge on any atom is 0.469 e. The van der Waals surface area contributed by atoms with Gasteiger partial charge in [0.2, 0.25) is 10.0 Å². The van der Waals surface area contributed by atoms with Crippen LogP contribution < -0.4 is 0 Å². The Morgan fingerprint density at radius 1 is 0.906 bits per heavy atom. The Bertz CT molecular complexity index is 763. The van der Waals surface area contributed by atoms with E-state index in [9.17, 15) is 56.7 Å². The van der Waals surface area contributed by atoms with E-state index in [-0.39, 0.29) is 10.7 Å². The molecule has 0 aromatic heterocycles. The Morgan fingerprint density at radius 3 is 1.66 bits per heavy atom. The lowest BCUT2D eigenvalue weighted by Gasteiger charge is -2.52. The van der Waals surface area contributed by atoms with E-state index in [1.54, 1.807) is 14.1 Å². The quantitative estimate of drug-likeness (QED) is 0.135. The molecule has 192 valence electrons. The van der Waals surface area contributed by atoms with Crippen LogP contribution in [0.5, 0.6) is 0 Å². The number of alkyl halides is 12. The van der Waals surface area contributed by atoms with E-state index >= 15 is 0 Å². The molecule has 0 spiro atoms. The van der Waals surface area contributed by atoms with Crippen LogP contribution in [0.1, 0.15) is 6.42 Å². The third-order valence-electron chi connectivity index (χ3n) is 4.54. The number of quaternary nitrogens is 1. The number of piperazine rings is 1. The predicted octanol–water partition coefficient (Wildman–Crippen LogP) is 3.57. The molecule has 6 nitrogen and oxygen atoms in total. The first kappa shape index (κ1) is 29.8. The zero-order valence-corrected chi connectivity index (χ0v) is 19.6. The van der Waals surface area contributed by atoms with Gasteiger partial charge in [-0.2, -0.15) is 53.2 Å². The Balaban J connectivity index is 3.32. The number of sulfonamides is 1. The van der Waals surface area contributed by atoms with E-state index < -0.39 is 62.7 Å². The fraction of sp³-hybridized carbons (Fsp3) is 1.00. The van der Waals surface area contributed by atoms with Crippen LogP contribution in [0.25, 0.3) is 0 Å². The van der Waals surface area contributed by atoms with E-state index in [1.807, 2.05) is 22.6 Å². The monoisotopic (exact) mass is 631 g/mol. The molecule has 1 heterocycles. The molecule has 0 amide bonds. The standard InChI is InChI=1S/C13H19F11IN4O2S/c1-26(5-4-6-29(2,3)7-25)32(30,31)8-27-9(14,15)11(18,19)28(13(22,23)24)12(20,21)10(27,16)17/h4-8H2,1-3H3/q+1. The van der Waals surface area contributed by atoms with Crippen molar-refractivity contribution in [3.05, 3.63) is 0 Å². The van der Waals surface area contributed by atoms with Gasteiger partial charge in [0.25, 0.3) is 0 Å².